The topological polar surface area (TPSA) is 87.8 Å². The number of amides is 1. The molecule has 0 bridgehead atoms. The van der Waals surface area contributed by atoms with Gasteiger partial charge < -0.3 is 9.32 Å². The maximum Gasteiger partial charge on any atom is 0.328 e. The van der Waals surface area contributed by atoms with Crippen molar-refractivity contribution in [3.63, 3.8) is 0 Å². The monoisotopic (exact) mass is 247 g/mol. The van der Waals surface area contributed by atoms with E-state index >= 15 is 0 Å². The second-order valence-electron chi connectivity index (χ2n) is 3.32. The molecule has 1 N–H and O–H groups in total. The molecular weight excluding hydrogens is 234 g/mol. The molecule has 0 aliphatic rings. The second kappa shape index (κ2) is 4.67. The van der Waals surface area contributed by atoms with Crippen molar-refractivity contribution in [1.82, 2.24) is 4.90 Å². The molecule has 1 amide bonds. The van der Waals surface area contributed by atoms with Crippen LogP contribution in [-0.4, -0.2) is 37.4 Å². The molecule has 0 aliphatic heterocycles. The zero-order valence-corrected chi connectivity index (χ0v) is 9.82. The molecule has 1 aromatic rings. The van der Waals surface area contributed by atoms with E-state index in [1.54, 1.807) is 7.05 Å². The summed E-state index contributed by atoms with van der Waals surface area (Å²) in [5, 5.41) is -0.624. The molecule has 0 saturated heterocycles. The summed E-state index contributed by atoms with van der Waals surface area (Å²) in [7, 11) is -2.81. The van der Waals surface area contributed by atoms with E-state index in [2.05, 4.69) is 0 Å². The van der Waals surface area contributed by atoms with Crippen molar-refractivity contribution in [3.05, 3.63) is 17.9 Å². The van der Waals surface area contributed by atoms with E-state index < -0.39 is 21.1 Å². The van der Waals surface area contributed by atoms with Crippen molar-refractivity contribution >= 4 is 16.0 Å². The van der Waals surface area contributed by atoms with E-state index in [4.69, 9.17) is 8.97 Å². The summed E-state index contributed by atoms with van der Waals surface area (Å²) < 4.78 is 34.8. The first-order valence-electron chi connectivity index (χ1n) is 4.69. The van der Waals surface area contributed by atoms with Gasteiger partial charge in [-0.1, -0.05) is 6.92 Å². The molecule has 90 valence electrons. The lowest BCUT2D eigenvalue weighted by molar-refractivity contribution is 0.0757. The van der Waals surface area contributed by atoms with Gasteiger partial charge in [0.05, 0.1) is 0 Å². The van der Waals surface area contributed by atoms with E-state index in [1.807, 2.05) is 6.92 Å². The van der Waals surface area contributed by atoms with E-state index in [-0.39, 0.29) is 5.76 Å². The summed E-state index contributed by atoms with van der Waals surface area (Å²) in [6, 6.07) is 2.26. The lowest BCUT2D eigenvalue weighted by Crippen LogP contribution is -2.26. The van der Waals surface area contributed by atoms with Gasteiger partial charge in [-0.3, -0.25) is 9.35 Å². The Morgan fingerprint density at radius 1 is 1.50 bits per heavy atom. The smallest absolute Gasteiger partial charge is 0.328 e. The number of carbonyl (C=O) groups excluding carboxylic acids is 1. The first-order valence-corrected chi connectivity index (χ1v) is 6.13. The largest absolute Gasteiger partial charge is 0.437 e. The summed E-state index contributed by atoms with van der Waals surface area (Å²) in [4.78, 5) is 13.0. The standard InChI is InChI=1S/C9H13NO5S/c1-3-6-10(2)9(11)7-4-5-8(15-7)16(12,13)14/h4-5H,3,6H2,1-2H3,(H,12,13,14). The predicted octanol–water partition coefficient (Wildman–Crippen LogP) is 1.01. The lowest BCUT2D eigenvalue weighted by Gasteiger charge is -2.13. The normalized spacial score (nSPS) is 11.4. The number of rotatable bonds is 4. The van der Waals surface area contributed by atoms with Crippen molar-refractivity contribution in [2.45, 2.75) is 18.4 Å². The van der Waals surface area contributed by atoms with Gasteiger partial charge in [-0.2, -0.15) is 8.42 Å². The Morgan fingerprint density at radius 3 is 2.56 bits per heavy atom. The third kappa shape index (κ3) is 2.83. The molecule has 6 nitrogen and oxygen atoms in total. The van der Waals surface area contributed by atoms with Crippen molar-refractivity contribution in [2.24, 2.45) is 0 Å². The van der Waals surface area contributed by atoms with Gasteiger partial charge in [0.1, 0.15) is 0 Å². The number of furan rings is 1. The van der Waals surface area contributed by atoms with Crippen molar-refractivity contribution in [2.75, 3.05) is 13.6 Å². The van der Waals surface area contributed by atoms with E-state index in [1.165, 1.54) is 11.0 Å². The third-order valence-corrected chi connectivity index (χ3v) is 2.68. The molecule has 0 saturated carbocycles. The van der Waals surface area contributed by atoms with Crippen LogP contribution < -0.4 is 0 Å². The van der Waals surface area contributed by atoms with Gasteiger partial charge in [-0.15, -0.1) is 0 Å². The maximum absolute atomic E-state index is 11.6. The van der Waals surface area contributed by atoms with Crippen LogP contribution in [0.3, 0.4) is 0 Å². The molecule has 0 spiro atoms. The zero-order valence-electron chi connectivity index (χ0n) is 9.00. The molecule has 0 atom stereocenters. The summed E-state index contributed by atoms with van der Waals surface area (Å²) in [5.74, 6) is -0.527. The maximum atomic E-state index is 11.6. The van der Waals surface area contributed by atoms with Gasteiger partial charge >= 0.3 is 10.1 Å². The Balaban J connectivity index is 2.91. The summed E-state index contributed by atoms with van der Waals surface area (Å²) in [6.07, 6.45) is 0.786. The SMILES string of the molecule is CCCN(C)C(=O)c1ccc(S(=O)(=O)O)o1. The zero-order chi connectivity index (χ0) is 12.3. The van der Waals surface area contributed by atoms with Crippen LogP contribution in [0.5, 0.6) is 0 Å². The molecule has 0 aromatic carbocycles. The van der Waals surface area contributed by atoms with E-state index in [0.717, 1.165) is 12.5 Å². The Morgan fingerprint density at radius 2 is 2.12 bits per heavy atom. The number of nitrogens with zero attached hydrogens (tertiary/aromatic N) is 1. The Kier molecular flexibility index (Phi) is 3.71. The van der Waals surface area contributed by atoms with Gasteiger partial charge in [-0.25, -0.2) is 0 Å². The summed E-state index contributed by atoms with van der Waals surface area (Å²) in [6.45, 7) is 2.45. The minimum Gasteiger partial charge on any atom is -0.437 e. The average Bonchev–Trinajstić information content (AvgIpc) is 2.65. The highest BCUT2D eigenvalue weighted by Crippen LogP contribution is 2.14. The van der Waals surface area contributed by atoms with Gasteiger partial charge in [0, 0.05) is 13.6 Å². The van der Waals surface area contributed by atoms with Gasteiger partial charge in [-0.05, 0) is 18.6 Å². The Labute approximate surface area is 93.6 Å². The third-order valence-electron chi connectivity index (χ3n) is 1.95. The first kappa shape index (κ1) is 12.7. The molecule has 0 aliphatic carbocycles. The van der Waals surface area contributed by atoms with Crippen molar-refractivity contribution in [3.8, 4) is 0 Å². The molecule has 1 rings (SSSR count). The van der Waals surface area contributed by atoms with Crippen LogP contribution in [0.4, 0.5) is 0 Å². The van der Waals surface area contributed by atoms with Crippen LogP contribution in [0.1, 0.15) is 23.9 Å². The summed E-state index contributed by atoms with van der Waals surface area (Å²) in [5.41, 5.74) is 0. The van der Waals surface area contributed by atoms with Crippen LogP contribution >= 0.6 is 0 Å². The molecule has 0 unspecified atom stereocenters. The van der Waals surface area contributed by atoms with Crippen LogP contribution in [0, 0.1) is 0 Å². The van der Waals surface area contributed by atoms with Gasteiger partial charge in [0.25, 0.3) is 5.91 Å². The van der Waals surface area contributed by atoms with Crippen molar-refractivity contribution in [1.29, 1.82) is 0 Å². The van der Waals surface area contributed by atoms with Crippen LogP contribution in [0.15, 0.2) is 21.6 Å². The van der Waals surface area contributed by atoms with Crippen LogP contribution in [0.25, 0.3) is 0 Å². The average molecular weight is 247 g/mol. The number of carbonyl (C=O) groups is 1. The lowest BCUT2D eigenvalue weighted by atomic mass is 10.3. The molecular formula is C9H13NO5S. The first-order chi connectivity index (χ1) is 7.36. The minimum absolute atomic E-state index is 0.108. The fraction of sp³-hybridized carbons (Fsp3) is 0.444. The summed E-state index contributed by atoms with van der Waals surface area (Å²) >= 11 is 0. The fourth-order valence-corrected chi connectivity index (χ4v) is 1.63. The van der Waals surface area contributed by atoms with Gasteiger partial charge in [0.15, 0.2) is 5.76 Å². The molecule has 16 heavy (non-hydrogen) atoms. The predicted molar refractivity (Wildman–Crippen MR) is 55.8 cm³/mol. The highest BCUT2D eigenvalue weighted by molar-refractivity contribution is 7.85. The molecule has 1 heterocycles. The Bertz CT molecular complexity index is 476. The highest BCUT2D eigenvalue weighted by Gasteiger charge is 2.20. The van der Waals surface area contributed by atoms with Crippen LogP contribution in [0.2, 0.25) is 0 Å². The molecule has 1 aromatic heterocycles. The fourth-order valence-electron chi connectivity index (χ4n) is 1.20. The molecule has 0 fully saturated rings. The highest BCUT2D eigenvalue weighted by atomic mass is 32.2. The second-order valence-corrected chi connectivity index (χ2v) is 4.67. The quantitative estimate of drug-likeness (QED) is 0.802. The van der Waals surface area contributed by atoms with Gasteiger partial charge in [0.2, 0.25) is 5.09 Å². The molecule has 7 heteroatoms. The Hall–Kier alpha value is -1.34. The number of hydrogen-bond donors (Lipinski definition) is 1. The van der Waals surface area contributed by atoms with E-state index in [0.29, 0.717) is 6.54 Å². The number of hydrogen-bond acceptors (Lipinski definition) is 4. The molecule has 0 radical (unpaired) electrons. The van der Waals surface area contributed by atoms with Crippen LogP contribution in [-0.2, 0) is 10.1 Å². The van der Waals surface area contributed by atoms with Crippen molar-refractivity contribution < 1.29 is 22.2 Å². The minimum atomic E-state index is -4.39. The van der Waals surface area contributed by atoms with E-state index in [9.17, 15) is 13.2 Å².